The number of H-pyrrole nitrogens is 1. The van der Waals surface area contributed by atoms with Gasteiger partial charge in [0.1, 0.15) is 5.82 Å². The van der Waals surface area contributed by atoms with Crippen molar-refractivity contribution in [1.29, 1.82) is 0 Å². The van der Waals surface area contributed by atoms with Crippen LogP contribution in [-0.4, -0.2) is 39.2 Å². The van der Waals surface area contributed by atoms with Gasteiger partial charge in [-0.15, -0.1) is 0 Å². The quantitative estimate of drug-likeness (QED) is 0.841. The van der Waals surface area contributed by atoms with Gasteiger partial charge in [-0.2, -0.15) is 0 Å². The van der Waals surface area contributed by atoms with Gasteiger partial charge in [-0.1, -0.05) is 11.6 Å². The molecule has 94 valence electrons. The average molecular weight is 266 g/mol. The predicted molar refractivity (Wildman–Crippen MR) is 68.7 cm³/mol. The Hall–Kier alpha value is -1.43. The van der Waals surface area contributed by atoms with Gasteiger partial charge in [0.25, 0.3) is 5.56 Å². The molecular weight excluding hydrogens is 254 g/mol. The highest BCUT2D eigenvalue weighted by molar-refractivity contribution is 6.31. The van der Waals surface area contributed by atoms with Crippen LogP contribution in [0.5, 0.6) is 0 Å². The van der Waals surface area contributed by atoms with Gasteiger partial charge in [0.2, 0.25) is 0 Å². The summed E-state index contributed by atoms with van der Waals surface area (Å²) in [6.45, 7) is 1.80. The van der Waals surface area contributed by atoms with Crippen molar-refractivity contribution in [2.75, 3.05) is 13.1 Å². The lowest BCUT2D eigenvalue weighted by Gasteiger charge is -2.35. The molecule has 1 aromatic carbocycles. The number of likely N-dealkylation sites (tertiary alicyclic amines) is 1. The molecule has 3 rings (SSSR count). The van der Waals surface area contributed by atoms with Crippen LogP contribution < -0.4 is 5.56 Å². The lowest BCUT2D eigenvalue weighted by Crippen LogP contribution is -2.50. The van der Waals surface area contributed by atoms with Crippen molar-refractivity contribution in [3.8, 4) is 0 Å². The van der Waals surface area contributed by atoms with Crippen molar-refractivity contribution in [2.45, 2.75) is 12.6 Å². The number of benzene rings is 1. The normalized spacial score (nSPS) is 17.0. The molecule has 18 heavy (non-hydrogen) atoms. The molecule has 0 bridgehead atoms. The molecule has 0 atom stereocenters. The Bertz CT molecular complexity index is 649. The number of hydrogen-bond donors (Lipinski definition) is 2. The second-order valence-electron chi connectivity index (χ2n) is 4.52. The zero-order valence-corrected chi connectivity index (χ0v) is 10.3. The number of fused-ring (bicyclic) bond motifs is 1. The molecule has 0 saturated carbocycles. The molecule has 0 aliphatic carbocycles. The van der Waals surface area contributed by atoms with Crippen LogP contribution in [0.25, 0.3) is 10.9 Å². The second-order valence-corrected chi connectivity index (χ2v) is 4.96. The fourth-order valence-corrected chi connectivity index (χ4v) is 2.29. The highest BCUT2D eigenvalue weighted by Crippen LogP contribution is 2.15. The molecule has 1 aromatic heterocycles. The Balaban J connectivity index is 1.95. The smallest absolute Gasteiger partial charge is 0.258 e. The first-order chi connectivity index (χ1) is 8.61. The minimum atomic E-state index is -0.254. The first kappa shape index (κ1) is 11.6. The third kappa shape index (κ3) is 2.12. The number of aliphatic hydroxyl groups is 1. The molecule has 0 spiro atoms. The lowest BCUT2D eigenvalue weighted by atomic mass is 10.2. The number of aromatic nitrogens is 2. The van der Waals surface area contributed by atoms with Gasteiger partial charge in [0, 0.05) is 18.1 Å². The van der Waals surface area contributed by atoms with E-state index in [0.717, 1.165) is 0 Å². The number of aliphatic hydroxyl groups excluding tert-OH is 1. The van der Waals surface area contributed by atoms with Gasteiger partial charge in [-0.3, -0.25) is 9.69 Å². The topological polar surface area (TPSA) is 69.2 Å². The van der Waals surface area contributed by atoms with Crippen LogP contribution in [0.1, 0.15) is 5.82 Å². The standard InChI is InChI=1S/C12H12ClN3O2/c13-7-1-2-10-9(3-7)12(18)15-11(14-10)6-16-4-8(17)5-16/h1-3,8,17H,4-6H2,(H,14,15,18). The first-order valence-corrected chi connectivity index (χ1v) is 6.08. The van der Waals surface area contributed by atoms with E-state index in [2.05, 4.69) is 9.97 Å². The summed E-state index contributed by atoms with van der Waals surface area (Å²) >= 11 is 5.85. The van der Waals surface area contributed by atoms with E-state index in [4.69, 9.17) is 11.6 Å². The molecule has 2 heterocycles. The van der Waals surface area contributed by atoms with Crippen LogP contribution in [0.2, 0.25) is 5.02 Å². The molecule has 1 aliphatic rings. The molecule has 1 aliphatic heterocycles. The molecule has 2 N–H and O–H groups in total. The number of aromatic amines is 1. The van der Waals surface area contributed by atoms with Gasteiger partial charge < -0.3 is 10.1 Å². The molecule has 0 amide bonds. The lowest BCUT2D eigenvalue weighted by molar-refractivity contribution is -0.00425. The van der Waals surface area contributed by atoms with Gasteiger partial charge >= 0.3 is 0 Å². The Morgan fingerprint density at radius 2 is 2.28 bits per heavy atom. The largest absolute Gasteiger partial charge is 0.390 e. The molecule has 5 nitrogen and oxygen atoms in total. The molecule has 1 saturated heterocycles. The van der Waals surface area contributed by atoms with Crippen molar-refractivity contribution < 1.29 is 5.11 Å². The summed E-state index contributed by atoms with van der Waals surface area (Å²) in [5.74, 6) is 0.613. The van der Waals surface area contributed by atoms with Crippen molar-refractivity contribution in [3.63, 3.8) is 0 Å². The van der Waals surface area contributed by atoms with Crippen LogP contribution in [0.3, 0.4) is 0 Å². The van der Waals surface area contributed by atoms with Crippen molar-refractivity contribution in [3.05, 3.63) is 39.4 Å². The highest BCUT2D eigenvalue weighted by Gasteiger charge is 2.24. The summed E-state index contributed by atoms with van der Waals surface area (Å²) in [6, 6.07) is 5.06. The van der Waals surface area contributed by atoms with E-state index in [-0.39, 0.29) is 11.7 Å². The molecule has 0 unspecified atom stereocenters. The monoisotopic (exact) mass is 265 g/mol. The Morgan fingerprint density at radius 1 is 1.50 bits per heavy atom. The maximum Gasteiger partial charge on any atom is 0.258 e. The zero-order chi connectivity index (χ0) is 12.7. The van der Waals surface area contributed by atoms with E-state index in [0.29, 0.717) is 41.4 Å². The van der Waals surface area contributed by atoms with E-state index in [1.165, 1.54) is 0 Å². The summed E-state index contributed by atoms with van der Waals surface area (Å²) in [5.41, 5.74) is 0.456. The number of rotatable bonds is 2. The van der Waals surface area contributed by atoms with Gasteiger partial charge in [-0.25, -0.2) is 4.98 Å². The SMILES string of the molecule is O=c1[nH]c(CN2CC(O)C2)nc2ccc(Cl)cc12. The third-order valence-electron chi connectivity index (χ3n) is 3.03. The summed E-state index contributed by atoms with van der Waals surface area (Å²) < 4.78 is 0. The van der Waals surface area contributed by atoms with Gasteiger partial charge in [0.05, 0.1) is 23.6 Å². The number of hydrogen-bond acceptors (Lipinski definition) is 4. The fraction of sp³-hybridized carbons (Fsp3) is 0.333. The minimum Gasteiger partial charge on any atom is -0.390 e. The van der Waals surface area contributed by atoms with E-state index in [1.54, 1.807) is 18.2 Å². The molecular formula is C12H12ClN3O2. The maximum absolute atomic E-state index is 11.9. The average Bonchev–Trinajstić information content (AvgIpc) is 2.28. The molecule has 6 heteroatoms. The van der Waals surface area contributed by atoms with Crippen LogP contribution in [-0.2, 0) is 6.54 Å². The van der Waals surface area contributed by atoms with E-state index in [1.807, 2.05) is 4.90 Å². The van der Waals surface area contributed by atoms with Gasteiger partial charge in [0.15, 0.2) is 0 Å². The van der Waals surface area contributed by atoms with E-state index in [9.17, 15) is 9.90 Å². The summed E-state index contributed by atoms with van der Waals surface area (Å²) in [5, 5.41) is 10.2. The predicted octanol–water partition coefficient (Wildman–Crippen LogP) is 0.753. The van der Waals surface area contributed by atoms with E-state index < -0.39 is 0 Å². The third-order valence-corrected chi connectivity index (χ3v) is 3.26. The fourth-order valence-electron chi connectivity index (χ4n) is 2.12. The molecule has 0 radical (unpaired) electrons. The number of nitrogens with zero attached hydrogens (tertiary/aromatic N) is 2. The van der Waals surface area contributed by atoms with Crippen molar-refractivity contribution >= 4 is 22.5 Å². The Morgan fingerprint density at radius 3 is 3.00 bits per heavy atom. The van der Waals surface area contributed by atoms with Crippen LogP contribution in [0, 0.1) is 0 Å². The Kier molecular flexibility index (Phi) is 2.81. The first-order valence-electron chi connectivity index (χ1n) is 5.71. The van der Waals surface area contributed by atoms with Crippen LogP contribution in [0.4, 0.5) is 0 Å². The van der Waals surface area contributed by atoms with Gasteiger partial charge in [-0.05, 0) is 18.2 Å². The second kappa shape index (κ2) is 4.35. The van der Waals surface area contributed by atoms with Crippen LogP contribution in [0.15, 0.2) is 23.0 Å². The number of halogens is 1. The minimum absolute atomic E-state index is 0.182. The molecule has 2 aromatic rings. The van der Waals surface area contributed by atoms with Crippen LogP contribution >= 0.6 is 11.6 Å². The van der Waals surface area contributed by atoms with E-state index >= 15 is 0 Å². The number of β-amino-alcohol motifs (C(OH)–C–C–N with tert-alkyl or cyclic N) is 1. The summed E-state index contributed by atoms with van der Waals surface area (Å²) in [4.78, 5) is 21.0. The zero-order valence-electron chi connectivity index (χ0n) is 9.56. The van der Waals surface area contributed by atoms with Crippen molar-refractivity contribution in [2.24, 2.45) is 0 Å². The summed E-state index contributed by atoms with van der Waals surface area (Å²) in [6.07, 6.45) is -0.254. The maximum atomic E-state index is 11.9. The van der Waals surface area contributed by atoms with Crippen molar-refractivity contribution in [1.82, 2.24) is 14.9 Å². The summed E-state index contributed by atoms with van der Waals surface area (Å²) in [7, 11) is 0. The number of nitrogens with one attached hydrogen (secondary N) is 1. The molecule has 1 fully saturated rings. The Labute approximate surface area is 108 Å². The highest BCUT2D eigenvalue weighted by atomic mass is 35.5.